The molecule has 0 N–H and O–H groups in total. The van der Waals surface area contributed by atoms with Gasteiger partial charge in [-0.25, -0.2) is 4.79 Å². The molecule has 0 spiro atoms. The summed E-state index contributed by atoms with van der Waals surface area (Å²) in [4.78, 5) is 19.5. The minimum atomic E-state index is -0.132. The molecule has 1 aromatic carbocycles. The smallest absolute Gasteiger partial charge is 0.303 e. The van der Waals surface area contributed by atoms with E-state index in [0.29, 0.717) is 0 Å². The number of fused-ring (bicyclic) bond motifs is 1. The van der Waals surface area contributed by atoms with Gasteiger partial charge in [0.15, 0.2) is 0 Å². The number of hydrogen-bond acceptors (Lipinski definition) is 3. The predicted molar refractivity (Wildman–Crippen MR) is 102 cm³/mol. The lowest BCUT2D eigenvalue weighted by molar-refractivity contribution is 0.325. The Morgan fingerprint density at radius 2 is 1.75 bits per heavy atom. The number of aromatic nitrogens is 2. The number of hydrogen-bond donors (Lipinski definition) is 0. The maximum atomic E-state index is 12.6. The molecule has 2 aromatic rings. The van der Waals surface area contributed by atoms with Crippen LogP contribution in [0.4, 0.5) is 0 Å². The van der Waals surface area contributed by atoms with E-state index in [1.165, 1.54) is 25.9 Å². The largest absolute Gasteiger partial charge is 0.348 e. The van der Waals surface area contributed by atoms with Crippen LogP contribution in [-0.4, -0.2) is 34.1 Å². The molecule has 1 aliphatic rings. The molecule has 0 atom stereocenters. The van der Waals surface area contributed by atoms with Gasteiger partial charge in [0.2, 0.25) is 0 Å². The van der Waals surface area contributed by atoms with Gasteiger partial charge >= 0.3 is 5.69 Å². The van der Waals surface area contributed by atoms with Crippen LogP contribution in [0.2, 0.25) is 0 Å². The minimum absolute atomic E-state index is 0. The zero-order chi connectivity index (χ0) is 16.4. The maximum Gasteiger partial charge on any atom is 0.348 e. The summed E-state index contributed by atoms with van der Waals surface area (Å²) in [5, 5.41) is 1.10. The summed E-state index contributed by atoms with van der Waals surface area (Å²) < 4.78 is 1.85. The molecule has 4 nitrogen and oxygen atoms in total. The SMILES string of the molecule is C.CC(C)(C)c1nc(=O)n(CCCN2CCCC2)c2ccccc12. The molecular formula is C20H31N3O. The second kappa shape index (κ2) is 7.47. The van der Waals surface area contributed by atoms with E-state index in [1.54, 1.807) is 0 Å². The fourth-order valence-electron chi connectivity index (χ4n) is 3.47. The highest BCUT2D eigenvalue weighted by Gasteiger charge is 2.21. The van der Waals surface area contributed by atoms with Gasteiger partial charge in [0.05, 0.1) is 11.2 Å². The lowest BCUT2D eigenvalue weighted by atomic mass is 9.89. The van der Waals surface area contributed by atoms with Crippen molar-refractivity contribution in [3.05, 3.63) is 40.4 Å². The quantitative estimate of drug-likeness (QED) is 0.856. The Bertz CT molecular complexity index is 737. The van der Waals surface area contributed by atoms with Gasteiger partial charge in [-0.15, -0.1) is 0 Å². The molecule has 132 valence electrons. The molecule has 4 heteroatoms. The monoisotopic (exact) mass is 329 g/mol. The van der Waals surface area contributed by atoms with E-state index in [2.05, 4.69) is 36.7 Å². The summed E-state index contributed by atoms with van der Waals surface area (Å²) in [6.07, 6.45) is 3.62. The van der Waals surface area contributed by atoms with Gasteiger partial charge in [0.25, 0.3) is 0 Å². The summed E-state index contributed by atoms with van der Waals surface area (Å²) in [6, 6.07) is 8.16. The van der Waals surface area contributed by atoms with Crippen molar-refractivity contribution in [1.82, 2.24) is 14.5 Å². The van der Waals surface area contributed by atoms with Gasteiger partial charge in [-0.3, -0.25) is 4.57 Å². The van der Waals surface area contributed by atoms with Crippen LogP contribution in [-0.2, 0) is 12.0 Å². The molecular weight excluding hydrogens is 298 g/mol. The van der Waals surface area contributed by atoms with Crippen LogP contribution in [0.5, 0.6) is 0 Å². The van der Waals surface area contributed by atoms with Crippen molar-refractivity contribution in [3.8, 4) is 0 Å². The molecule has 1 aromatic heterocycles. The molecule has 2 heterocycles. The first-order chi connectivity index (χ1) is 11.0. The maximum absolute atomic E-state index is 12.6. The summed E-state index contributed by atoms with van der Waals surface area (Å²) in [5.41, 5.74) is 1.66. The summed E-state index contributed by atoms with van der Waals surface area (Å²) in [5.74, 6) is 0. The molecule has 1 fully saturated rings. The van der Waals surface area contributed by atoms with Crippen molar-refractivity contribution in [3.63, 3.8) is 0 Å². The Morgan fingerprint density at radius 1 is 1.08 bits per heavy atom. The Kier molecular flexibility index (Phi) is 5.81. The van der Waals surface area contributed by atoms with E-state index < -0.39 is 0 Å². The number of likely N-dealkylation sites (tertiary alicyclic amines) is 1. The topological polar surface area (TPSA) is 38.1 Å². The van der Waals surface area contributed by atoms with Crippen LogP contribution in [0.1, 0.15) is 53.2 Å². The first-order valence-electron chi connectivity index (χ1n) is 8.69. The highest BCUT2D eigenvalue weighted by atomic mass is 16.1. The highest BCUT2D eigenvalue weighted by molar-refractivity contribution is 5.82. The Morgan fingerprint density at radius 3 is 2.42 bits per heavy atom. The van der Waals surface area contributed by atoms with Gasteiger partial charge in [0.1, 0.15) is 0 Å². The van der Waals surface area contributed by atoms with E-state index in [4.69, 9.17) is 0 Å². The van der Waals surface area contributed by atoms with E-state index in [9.17, 15) is 4.79 Å². The average Bonchev–Trinajstić information content (AvgIpc) is 3.01. The van der Waals surface area contributed by atoms with E-state index in [0.717, 1.165) is 36.1 Å². The van der Waals surface area contributed by atoms with Crippen molar-refractivity contribution >= 4 is 10.9 Å². The molecule has 0 radical (unpaired) electrons. The van der Waals surface area contributed by atoms with Crippen LogP contribution in [0.15, 0.2) is 29.1 Å². The Balaban J connectivity index is 0.00000208. The number of nitrogens with zero attached hydrogens (tertiary/aromatic N) is 3. The van der Waals surface area contributed by atoms with E-state index in [-0.39, 0.29) is 18.5 Å². The van der Waals surface area contributed by atoms with Gasteiger partial charge in [0, 0.05) is 17.3 Å². The van der Waals surface area contributed by atoms with E-state index in [1.807, 2.05) is 22.8 Å². The molecule has 3 rings (SSSR count). The van der Waals surface area contributed by atoms with Crippen molar-refractivity contribution in [1.29, 1.82) is 0 Å². The number of rotatable bonds is 4. The number of aryl methyl sites for hydroxylation is 1. The summed E-state index contributed by atoms with van der Waals surface area (Å²) >= 11 is 0. The average molecular weight is 329 g/mol. The zero-order valence-electron chi connectivity index (χ0n) is 14.5. The Hall–Kier alpha value is -1.68. The van der Waals surface area contributed by atoms with Crippen molar-refractivity contribution in [2.24, 2.45) is 0 Å². The van der Waals surface area contributed by atoms with E-state index >= 15 is 0 Å². The second-order valence-electron chi connectivity index (χ2n) is 7.56. The predicted octanol–water partition coefficient (Wildman–Crippen LogP) is 3.82. The highest BCUT2D eigenvalue weighted by Crippen LogP contribution is 2.26. The third-order valence-electron chi connectivity index (χ3n) is 4.65. The fourth-order valence-corrected chi connectivity index (χ4v) is 3.47. The summed E-state index contributed by atoms with van der Waals surface area (Å²) in [7, 11) is 0. The lowest BCUT2D eigenvalue weighted by Crippen LogP contribution is -2.30. The molecule has 1 saturated heterocycles. The normalized spacial score (nSPS) is 15.6. The van der Waals surface area contributed by atoms with Gasteiger partial charge in [-0.05, 0) is 45.0 Å². The molecule has 0 bridgehead atoms. The fraction of sp³-hybridized carbons (Fsp3) is 0.600. The van der Waals surface area contributed by atoms with Gasteiger partial charge < -0.3 is 4.90 Å². The molecule has 0 unspecified atom stereocenters. The van der Waals surface area contributed by atoms with Crippen LogP contribution in [0.25, 0.3) is 10.9 Å². The summed E-state index contributed by atoms with van der Waals surface area (Å²) in [6.45, 7) is 10.6. The minimum Gasteiger partial charge on any atom is -0.303 e. The molecule has 1 aliphatic heterocycles. The first-order valence-corrected chi connectivity index (χ1v) is 8.69. The number of para-hydroxylation sites is 1. The third-order valence-corrected chi connectivity index (χ3v) is 4.65. The third kappa shape index (κ3) is 3.86. The van der Waals surface area contributed by atoms with Crippen molar-refractivity contribution in [2.75, 3.05) is 19.6 Å². The molecule has 24 heavy (non-hydrogen) atoms. The van der Waals surface area contributed by atoms with Crippen LogP contribution in [0.3, 0.4) is 0 Å². The lowest BCUT2D eigenvalue weighted by Gasteiger charge is -2.21. The van der Waals surface area contributed by atoms with Crippen molar-refractivity contribution in [2.45, 2.75) is 59.4 Å². The van der Waals surface area contributed by atoms with Gasteiger partial charge in [-0.1, -0.05) is 46.4 Å². The van der Waals surface area contributed by atoms with Crippen LogP contribution in [0, 0.1) is 0 Å². The van der Waals surface area contributed by atoms with Crippen molar-refractivity contribution < 1.29 is 0 Å². The molecule has 0 aliphatic carbocycles. The van der Waals surface area contributed by atoms with Gasteiger partial charge in [-0.2, -0.15) is 4.98 Å². The van der Waals surface area contributed by atoms with Crippen LogP contribution >= 0.6 is 0 Å². The Labute approximate surface area is 145 Å². The first kappa shape index (κ1) is 18.7. The van der Waals surface area contributed by atoms with Crippen LogP contribution < -0.4 is 5.69 Å². The zero-order valence-corrected chi connectivity index (χ0v) is 14.5. The standard InChI is InChI=1S/C19H27N3O.CH4/c1-19(2,3)17-15-9-4-5-10-16(15)22(18(23)20-17)14-8-13-21-11-6-7-12-21;/h4-5,9-10H,6-8,11-14H2,1-3H3;1H4. The molecule has 0 amide bonds. The molecule has 0 saturated carbocycles. The second-order valence-corrected chi connectivity index (χ2v) is 7.56. The number of benzene rings is 1.